The van der Waals surface area contributed by atoms with E-state index in [0.717, 1.165) is 57.5 Å². The van der Waals surface area contributed by atoms with Crippen molar-refractivity contribution in [3.8, 4) is 0 Å². The Labute approximate surface area is 205 Å². The molecule has 1 aliphatic heterocycles. The summed E-state index contributed by atoms with van der Waals surface area (Å²) in [6.45, 7) is 4.89. The second-order valence-electron chi connectivity index (χ2n) is 8.74. The minimum atomic E-state index is -0.0492. The number of aromatic amines is 1. The number of fused-ring (bicyclic) bond motifs is 1. The third kappa shape index (κ3) is 6.30. The van der Waals surface area contributed by atoms with Crippen LogP contribution in [0.15, 0.2) is 65.5 Å². The Hall–Kier alpha value is -3.03. The molecule has 1 amide bonds. The fourth-order valence-corrected chi connectivity index (χ4v) is 4.65. The fourth-order valence-electron chi connectivity index (χ4n) is 4.36. The highest BCUT2D eigenvalue weighted by Crippen LogP contribution is 2.10. The predicted molar refractivity (Wildman–Crippen MR) is 140 cm³/mol. The molecule has 1 saturated heterocycles. The molecule has 7 heteroatoms. The van der Waals surface area contributed by atoms with E-state index < -0.39 is 0 Å². The number of hydrogen-bond acceptors (Lipinski definition) is 4. The summed E-state index contributed by atoms with van der Waals surface area (Å²) in [4.78, 5) is 32.8. The first-order valence-corrected chi connectivity index (χ1v) is 12.5. The van der Waals surface area contributed by atoms with Gasteiger partial charge in [0.15, 0.2) is 4.77 Å². The van der Waals surface area contributed by atoms with Crippen LogP contribution in [0.3, 0.4) is 0 Å². The lowest BCUT2D eigenvalue weighted by Crippen LogP contribution is -2.48. The van der Waals surface area contributed by atoms with Gasteiger partial charge in [-0.15, -0.1) is 0 Å². The van der Waals surface area contributed by atoms with Crippen molar-refractivity contribution >= 4 is 35.1 Å². The minimum absolute atomic E-state index is 0.0492. The number of carbonyl (C=O) groups is 1. The third-order valence-electron chi connectivity index (χ3n) is 6.36. The van der Waals surface area contributed by atoms with Crippen LogP contribution < -0.4 is 5.56 Å². The molecule has 178 valence electrons. The second-order valence-corrected chi connectivity index (χ2v) is 9.12. The van der Waals surface area contributed by atoms with Gasteiger partial charge in [-0.2, -0.15) is 0 Å². The van der Waals surface area contributed by atoms with E-state index in [0.29, 0.717) is 23.1 Å². The number of hydrogen-bond donors (Lipinski definition) is 1. The molecule has 0 spiro atoms. The maximum absolute atomic E-state index is 12.7. The lowest BCUT2D eigenvalue weighted by Gasteiger charge is -2.34. The van der Waals surface area contributed by atoms with Crippen LogP contribution in [0.25, 0.3) is 17.0 Å². The molecule has 0 unspecified atom stereocenters. The van der Waals surface area contributed by atoms with E-state index in [2.05, 4.69) is 34.2 Å². The first-order valence-electron chi connectivity index (χ1n) is 12.1. The molecule has 1 aromatic heterocycles. The van der Waals surface area contributed by atoms with Crippen LogP contribution in [0.5, 0.6) is 0 Å². The standard InChI is InChI=1S/C27H32N4O2S/c32-25(30-20-18-29(19-21-30)16-9-12-22-10-3-1-4-11-22)15-5-2-8-17-31-26(33)23-13-6-7-14-24(23)28-27(31)34/h1,3-4,6-7,9-14H,2,5,8,15-21H2,(H,28,34)/b12-9+. The minimum Gasteiger partial charge on any atom is -0.340 e. The van der Waals surface area contributed by atoms with Crippen LogP contribution in [0, 0.1) is 4.77 Å². The zero-order chi connectivity index (χ0) is 23.8. The zero-order valence-electron chi connectivity index (χ0n) is 19.5. The van der Waals surface area contributed by atoms with E-state index in [-0.39, 0.29) is 11.5 Å². The highest BCUT2D eigenvalue weighted by Gasteiger charge is 2.19. The zero-order valence-corrected chi connectivity index (χ0v) is 20.3. The Balaban J connectivity index is 1.15. The molecule has 34 heavy (non-hydrogen) atoms. The normalized spacial score (nSPS) is 14.8. The van der Waals surface area contributed by atoms with Gasteiger partial charge < -0.3 is 9.88 Å². The highest BCUT2D eigenvalue weighted by molar-refractivity contribution is 7.71. The molecule has 4 rings (SSSR count). The van der Waals surface area contributed by atoms with Gasteiger partial charge in [-0.05, 0) is 42.8 Å². The van der Waals surface area contributed by atoms with E-state index in [1.165, 1.54) is 5.56 Å². The van der Waals surface area contributed by atoms with Crippen LogP contribution in [0.4, 0.5) is 0 Å². The Morgan fingerprint density at radius 1 is 0.941 bits per heavy atom. The van der Waals surface area contributed by atoms with E-state index >= 15 is 0 Å². The summed E-state index contributed by atoms with van der Waals surface area (Å²) in [7, 11) is 0. The maximum Gasteiger partial charge on any atom is 0.262 e. The molecule has 3 aromatic rings. The first kappa shape index (κ1) is 24.1. The van der Waals surface area contributed by atoms with Gasteiger partial charge in [0.05, 0.1) is 10.9 Å². The number of carbonyl (C=O) groups excluding carboxylic acids is 1. The molecule has 0 bridgehead atoms. The third-order valence-corrected chi connectivity index (χ3v) is 6.68. The van der Waals surface area contributed by atoms with E-state index in [1.54, 1.807) is 4.57 Å². The van der Waals surface area contributed by atoms with Gasteiger partial charge in [-0.3, -0.25) is 19.1 Å². The number of unbranched alkanes of at least 4 members (excludes halogenated alkanes) is 2. The molecule has 1 aliphatic rings. The van der Waals surface area contributed by atoms with Gasteiger partial charge in [-0.1, -0.05) is 61.0 Å². The second kappa shape index (κ2) is 11.9. The van der Waals surface area contributed by atoms with Gasteiger partial charge in [0, 0.05) is 45.7 Å². The topological polar surface area (TPSA) is 61.3 Å². The predicted octanol–water partition coefficient (Wildman–Crippen LogP) is 4.48. The van der Waals surface area contributed by atoms with Crippen molar-refractivity contribution in [2.45, 2.75) is 32.2 Å². The number of nitrogens with zero attached hydrogens (tertiary/aromatic N) is 3. The van der Waals surface area contributed by atoms with Gasteiger partial charge in [0.2, 0.25) is 5.91 Å². The Kier molecular flexibility index (Phi) is 8.44. The van der Waals surface area contributed by atoms with Crippen LogP contribution in [0.2, 0.25) is 0 Å². The number of rotatable bonds is 9. The van der Waals surface area contributed by atoms with Gasteiger partial charge in [-0.25, -0.2) is 0 Å². The maximum atomic E-state index is 12.7. The summed E-state index contributed by atoms with van der Waals surface area (Å²) in [6.07, 6.45) is 7.45. The summed E-state index contributed by atoms with van der Waals surface area (Å²) >= 11 is 5.37. The molecule has 0 aliphatic carbocycles. The Bertz CT molecular complexity index is 1240. The van der Waals surface area contributed by atoms with Crippen LogP contribution in [-0.2, 0) is 11.3 Å². The molecule has 6 nitrogen and oxygen atoms in total. The van der Waals surface area contributed by atoms with Crippen molar-refractivity contribution in [3.63, 3.8) is 0 Å². The summed E-state index contributed by atoms with van der Waals surface area (Å²) in [6, 6.07) is 17.7. The van der Waals surface area contributed by atoms with Crippen molar-refractivity contribution in [2.24, 2.45) is 0 Å². The van der Waals surface area contributed by atoms with Crippen molar-refractivity contribution < 1.29 is 4.79 Å². The molecular weight excluding hydrogens is 444 g/mol. The molecular formula is C27H32N4O2S. The van der Waals surface area contributed by atoms with Crippen molar-refractivity contribution in [3.05, 3.63) is 81.4 Å². The number of aromatic nitrogens is 2. The number of H-pyrrole nitrogens is 1. The monoisotopic (exact) mass is 476 g/mol. The Morgan fingerprint density at radius 2 is 1.68 bits per heavy atom. The van der Waals surface area contributed by atoms with Crippen molar-refractivity contribution in [1.29, 1.82) is 0 Å². The first-order chi connectivity index (χ1) is 16.6. The molecule has 0 radical (unpaired) electrons. The Morgan fingerprint density at radius 3 is 2.47 bits per heavy atom. The SMILES string of the molecule is O=C(CCCCCn1c(=S)[nH]c2ccccc2c1=O)N1CCN(C/C=C/c2ccccc2)CC1. The van der Waals surface area contributed by atoms with Gasteiger partial charge >= 0.3 is 0 Å². The smallest absolute Gasteiger partial charge is 0.262 e. The van der Waals surface area contributed by atoms with E-state index in [9.17, 15) is 9.59 Å². The quantitative estimate of drug-likeness (QED) is 0.366. The van der Waals surface area contributed by atoms with Crippen molar-refractivity contribution in [1.82, 2.24) is 19.4 Å². The van der Waals surface area contributed by atoms with E-state index in [1.807, 2.05) is 47.4 Å². The highest BCUT2D eigenvalue weighted by atomic mass is 32.1. The molecule has 1 N–H and O–H groups in total. The van der Waals surface area contributed by atoms with Crippen LogP contribution in [-0.4, -0.2) is 58.0 Å². The number of nitrogens with one attached hydrogen (secondary N) is 1. The molecule has 0 saturated carbocycles. The molecule has 1 fully saturated rings. The largest absolute Gasteiger partial charge is 0.340 e. The summed E-state index contributed by atoms with van der Waals surface area (Å²) in [5.41, 5.74) is 1.93. The summed E-state index contributed by atoms with van der Waals surface area (Å²) in [5, 5.41) is 0.654. The molecule has 2 aromatic carbocycles. The number of amides is 1. The van der Waals surface area contributed by atoms with Gasteiger partial charge in [0.25, 0.3) is 5.56 Å². The van der Waals surface area contributed by atoms with Crippen LogP contribution >= 0.6 is 12.2 Å². The number of benzene rings is 2. The van der Waals surface area contributed by atoms with Gasteiger partial charge in [0.1, 0.15) is 0 Å². The summed E-state index contributed by atoms with van der Waals surface area (Å²) in [5.74, 6) is 0.236. The lowest BCUT2D eigenvalue weighted by molar-refractivity contribution is -0.133. The average molecular weight is 477 g/mol. The van der Waals surface area contributed by atoms with Crippen LogP contribution in [0.1, 0.15) is 31.2 Å². The lowest BCUT2D eigenvalue weighted by atomic mass is 10.1. The fraction of sp³-hybridized carbons (Fsp3) is 0.370. The number of piperazine rings is 1. The molecule has 0 atom stereocenters. The van der Waals surface area contributed by atoms with E-state index in [4.69, 9.17) is 12.2 Å². The number of para-hydroxylation sites is 1. The average Bonchev–Trinajstić information content (AvgIpc) is 2.86. The molecule has 2 heterocycles. The summed E-state index contributed by atoms with van der Waals surface area (Å²) < 4.78 is 2.08. The van der Waals surface area contributed by atoms with Crippen molar-refractivity contribution in [2.75, 3.05) is 32.7 Å².